The number of rotatable bonds is 36. The van der Waals surface area contributed by atoms with E-state index in [-0.39, 0.29) is 70.7 Å². The quantitative estimate of drug-likeness (QED) is 0.00537. The Morgan fingerprint density at radius 2 is 0.787 bits per heavy atom. The Balaban J connectivity index is -0.000000171. The molecular formula is C79H145BrCl2F3N6O23P7Si. The van der Waals surface area contributed by atoms with Gasteiger partial charge in [-0.2, -0.15) is 18.4 Å². The number of hydrogen-bond acceptors (Lipinski definition) is 25. The van der Waals surface area contributed by atoms with E-state index in [0.717, 1.165) is 6.42 Å². The first kappa shape index (κ1) is 136. The van der Waals surface area contributed by atoms with E-state index in [2.05, 4.69) is 56.2 Å². The molecule has 0 fully saturated rings. The summed E-state index contributed by atoms with van der Waals surface area (Å²) in [7, 11) is -23.1. The van der Waals surface area contributed by atoms with E-state index < -0.39 is 110 Å². The third kappa shape index (κ3) is 57.7. The summed E-state index contributed by atoms with van der Waals surface area (Å²) in [5.41, 5.74) is 16.3. The highest BCUT2D eigenvalue weighted by molar-refractivity contribution is 9.26. The molecule has 0 bridgehead atoms. The van der Waals surface area contributed by atoms with Crippen molar-refractivity contribution < 1.29 is 119 Å². The van der Waals surface area contributed by atoms with Gasteiger partial charge in [-0.15, -0.1) is 39.3 Å². The first-order valence-corrected chi connectivity index (χ1v) is 56.1. The zero-order valence-electron chi connectivity index (χ0n) is 75.9. The number of aldehydes is 1. The number of para-hydroxylation sites is 4. The van der Waals surface area contributed by atoms with E-state index in [4.69, 9.17) is 105 Å². The number of carbonyl (C=O) groups is 2. The second kappa shape index (κ2) is 67.2. The third-order valence-corrected chi connectivity index (χ3v) is 32.9. The van der Waals surface area contributed by atoms with Gasteiger partial charge in [-0.05, 0) is 186 Å². The normalized spacial score (nSPS) is 12.7. The molecule has 710 valence electrons. The Hall–Kier alpha value is -4.11. The van der Waals surface area contributed by atoms with E-state index >= 15 is 0 Å². The third-order valence-electron chi connectivity index (χ3n) is 15.4. The highest BCUT2D eigenvalue weighted by Gasteiger charge is 2.51. The van der Waals surface area contributed by atoms with Crippen LogP contribution in [-0.2, 0) is 77.9 Å². The standard InChI is InChI=1S/C17H21O3P.C15H24NO5P.C12H19O2P.C8H16NO3P.C8H20NO3P.C6H12NO3P.C4H12NO3P.C3H9BrSi.C2HF3O.C2H3N.CH3Cl.CH4.ClH/c1-4-17(2,3)21(18,19-15-11-7-5-8-12-15)20-16-13-9-6-10-14-16;1-5-19-14(17)12(2)20-22(18,15(3,4)11-16)21-13-9-7-6-8-10-13;1-5-12(2,3)15(4,13)14-11-9-7-6-8-10-11;1-6-11-13(10,12-7-2)8(3,4)9-5;1-5-11-13(10,12-6-2)8(3,4)7-9;1-4-9-11(8,6-7-3)10-5-2;1-4(2,3-5)9(6,7)8;1-5(2,3)4;3-2(4,5)1-6;1-2-3;1-2;;/h5-14H,4H2,1-3H3;6-10,12H,5,11,16H2,1-4H3;6-10H,5H2,1-4H3;6-7H2,1-4H3;5-7,9H2,1-4H3;4-6H2,1-2H3;3,5H2,1-2H3,(H2,6,7,8);1-3H3;1H;1H3;1H3;1H4;1H/t;12-,22?;;;;;;;;;;;/m.0.........../s1. The Morgan fingerprint density at radius 1 is 0.525 bits per heavy atom. The van der Waals surface area contributed by atoms with Crippen LogP contribution < -0.4 is 35.3 Å². The fourth-order valence-corrected chi connectivity index (χ4v) is 16.0. The molecule has 0 heterocycles. The summed E-state index contributed by atoms with van der Waals surface area (Å²) in [6.07, 6.45) is -3.90. The monoisotopic (exact) mass is 2000 g/mol. The van der Waals surface area contributed by atoms with Crippen LogP contribution in [0.4, 0.5) is 13.2 Å². The van der Waals surface area contributed by atoms with Crippen LogP contribution in [0.25, 0.3) is 9.69 Å². The smallest absolute Gasteiger partial charge is 0.446 e. The molecule has 43 heteroatoms. The SMILES string of the molecule is C.CC#N.CC(C)(CN)P(=O)(O)O.CCC(C)(C)P(=O)(Oc1ccccc1)Oc1ccccc1.CCC(C)(C)P(C)(=O)Oc1ccccc1.CCOC(=O)[C@H](C)OP(=O)(Oc1ccccc1)C(C)(C)CN.CCOP(=O)(OCC)C(C)(C)CN.CCl.C[Si](C)(C)Br.Cl.O=CC(F)(F)F.[C-]#[N+]C(C)(C)P(=O)(OCC)OCC.[C-]#[N+]CP(=O)(OCC)OCC. The largest absolute Gasteiger partial charge is 0.464 e. The van der Waals surface area contributed by atoms with E-state index in [9.17, 15) is 49.9 Å². The number of esters is 1. The summed E-state index contributed by atoms with van der Waals surface area (Å²) >= 11 is 8.15. The van der Waals surface area contributed by atoms with Crippen LogP contribution >= 0.6 is 92.2 Å². The molecule has 29 nitrogen and oxygen atoms in total. The molecule has 0 saturated heterocycles. The predicted octanol–water partition coefficient (Wildman–Crippen LogP) is 25.0. The number of carbonyl (C=O) groups excluding carboxylic acids is 2. The van der Waals surface area contributed by atoms with Crippen LogP contribution in [0.3, 0.4) is 0 Å². The van der Waals surface area contributed by atoms with Gasteiger partial charge in [0.25, 0.3) is 0 Å². The van der Waals surface area contributed by atoms with Gasteiger partial charge in [-0.3, -0.25) is 37.0 Å². The molecule has 0 aliphatic rings. The first-order chi connectivity index (χ1) is 54.9. The van der Waals surface area contributed by atoms with Crippen molar-refractivity contribution in [1.29, 1.82) is 5.26 Å². The van der Waals surface area contributed by atoms with Gasteiger partial charge in [0.15, 0.2) is 6.10 Å². The van der Waals surface area contributed by atoms with Crippen LogP contribution in [0.5, 0.6) is 23.0 Å². The predicted molar refractivity (Wildman–Crippen MR) is 501 cm³/mol. The van der Waals surface area contributed by atoms with Gasteiger partial charge in [-0.1, -0.05) is 114 Å². The molecule has 4 aromatic carbocycles. The second-order valence-corrected chi connectivity index (χ2v) is 58.0. The molecular weight excluding hydrogens is 1850 g/mol. The number of alkyl halides is 4. The van der Waals surface area contributed by atoms with E-state index in [1.165, 1.54) is 34.1 Å². The van der Waals surface area contributed by atoms with Crippen molar-refractivity contribution in [2.24, 2.45) is 17.2 Å². The van der Waals surface area contributed by atoms with Crippen molar-refractivity contribution in [2.45, 2.75) is 242 Å². The molecule has 0 spiro atoms. The van der Waals surface area contributed by atoms with Gasteiger partial charge in [0.05, 0.1) is 78.1 Å². The number of nitriles is 1. The summed E-state index contributed by atoms with van der Waals surface area (Å²) in [6, 6.07) is 38.1. The molecule has 3 atom stereocenters. The lowest BCUT2D eigenvalue weighted by molar-refractivity contribution is -0.156. The van der Waals surface area contributed by atoms with Gasteiger partial charge in [-0.25, -0.2) is 27.1 Å². The minimum Gasteiger partial charge on any atom is -0.464 e. The maximum absolute atomic E-state index is 13.4. The molecule has 0 saturated carbocycles. The average molecular weight is 2000 g/mol. The molecule has 0 aromatic heterocycles. The maximum atomic E-state index is 13.4. The Labute approximate surface area is 748 Å². The minimum absolute atomic E-state index is 0. The zero-order chi connectivity index (χ0) is 95.6. The lowest BCUT2D eigenvalue weighted by atomic mass is 10.1. The van der Waals surface area contributed by atoms with Gasteiger partial charge >= 0.3 is 69.3 Å². The van der Waals surface area contributed by atoms with Crippen LogP contribution in [0, 0.1) is 24.5 Å². The van der Waals surface area contributed by atoms with Gasteiger partial charge in [0.1, 0.15) is 29.7 Å². The average Bonchev–Trinajstić information content (AvgIpc) is 0.778. The van der Waals surface area contributed by atoms with Crippen LogP contribution in [0.2, 0.25) is 19.6 Å². The first-order valence-electron chi connectivity index (χ1n) is 38.0. The fraction of sp³-hybridized carbons (Fsp3) is 0.633. The zero-order valence-corrected chi connectivity index (χ0v) is 86.3. The number of ether oxygens (including phenoxy) is 1. The van der Waals surface area contributed by atoms with Crippen molar-refractivity contribution in [3.8, 4) is 29.1 Å². The number of nitrogens with two attached hydrogens (primary N) is 3. The van der Waals surface area contributed by atoms with Crippen molar-refractivity contribution in [1.82, 2.24) is 0 Å². The summed E-state index contributed by atoms with van der Waals surface area (Å²) in [4.78, 5) is 43.8. The summed E-state index contributed by atoms with van der Waals surface area (Å²) in [5.74, 6) is 1.59. The molecule has 0 aliphatic carbocycles. The summed E-state index contributed by atoms with van der Waals surface area (Å²) in [6.45, 7) is 63.4. The van der Waals surface area contributed by atoms with Gasteiger partial charge < -0.3 is 81.8 Å². The number of nitrogens with zero attached hydrogens (tertiary/aromatic N) is 3. The highest BCUT2D eigenvalue weighted by atomic mass is 79.9. The Kier molecular flexibility index (Phi) is 74.8. The number of halogens is 6. The number of hydrogen-bond donors (Lipinski definition) is 5. The van der Waals surface area contributed by atoms with Crippen molar-refractivity contribution in [3.63, 3.8) is 0 Å². The van der Waals surface area contributed by atoms with Crippen LogP contribution in [0.15, 0.2) is 121 Å². The molecule has 8 N–H and O–H groups in total. The van der Waals surface area contributed by atoms with E-state index in [1.54, 1.807) is 151 Å². The molecule has 4 aromatic rings. The highest BCUT2D eigenvalue weighted by Crippen LogP contribution is 2.63. The van der Waals surface area contributed by atoms with Crippen LogP contribution in [-0.4, -0.2) is 157 Å². The fourth-order valence-electron chi connectivity index (χ4n) is 6.63. The van der Waals surface area contributed by atoms with E-state index in [0.29, 0.717) is 55.8 Å². The molecule has 4 rings (SSSR count). The van der Waals surface area contributed by atoms with Crippen molar-refractivity contribution in [2.75, 3.05) is 85.2 Å². The Morgan fingerprint density at radius 3 is 1.01 bits per heavy atom. The van der Waals surface area contributed by atoms with Crippen molar-refractivity contribution >= 4 is 111 Å². The summed E-state index contributed by atoms with van der Waals surface area (Å²) in [5, 5.41) is 2.72. The minimum atomic E-state index is -4.64. The van der Waals surface area contributed by atoms with Gasteiger partial charge in [0.2, 0.25) is 13.7 Å². The lowest BCUT2D eigenvalue weighted by Crippen LogP contribution is -2.36. The van der Waals surface area contributed by atoms with E-state index in [1.807, 2.05) is 114 Å². The molecule has 0 radical (unpaired) electrons. The van der Waals surface area contributed by atoms with Crippen molar-refractivity contribution in [3.05, 3.63) is 144 Å². The maximum Gasteiger partial charge on any atom is 0.446 e. The molecule has 0 aliphatic heterocycles. The molecule has 0 amide bonds. The summed E-state index contributed by atoms with van der Waals surface area (Å²) < 4.78 is 180. The second-order valence-electron chi connectivity index (χ2n) is 28.9. The molecule has 122 heavy (non-hydrogen) atoms. The topological polar surface area (TPSA) is 415 Å². The molecule has 2 unspecified atom stereocenters. The van der Waals surface area contributed by atoms with Crippen LogP contribution in [0.1, 0.15) is 180 Å². The lowest BCUT2D eigenvalue weighted by Gasteiger charge is -2.33. The van der Waals surface area contributed by atoms with Gasteiger partial charge in [0, 0.05) is 53.5 Å². The number of benzene rings is 4. The Bertz CT molecular complexity index is 3830.